The largest absolute Gasteiger partial charge is 0.489 e. The van der Waals surface area contributed by atoms with Gasteiger partial charge in [-0.15, -0.1) is 0 Å². The molecule has 5 heteroatoms. The number of hydrogen-bond donors (Lipinski definition) is 0. The molecule has 20 heavy (non-hydrogen) atoms. The Hall–Kier alpha value is -1.17. The zero-order chi connectivity index (χ0) is 14.2. The highest BCUT2D eigenvalue weighted by atomic mass is 19.1. The highest BCUT2D eigenvalue weighted by Crippen LogP contribution is 2.14. The summed E-state index contributed by atoms with van der Waals surface area (Å²) in [5, 5.41) is 0. The van der Waals surface area contributed by atoms with Crippen LogP contribution in [0.5, 0.6) is 5.75 Å². The first-order valence-electron chi connectivity index (χ1n) is 7.11. The van der Waals surface area contributed by atoms with Gasteiger partial charge in [0.15, 0.2) is 11.6 Å². The second-order valence-corrected chi connectivity index (χ2v) is 5.04. The van der Waals surface area contributed by atoms with Crippen LogP contribution in [-0.4, -0.2) is 69.4 Å². The summed E-state index contributed by atoms with van der Waals surface area (Å²) in [4.78, 5) is 4.61. The third kappa shape index (κ3) is 5.07. The molecule has 0 amide bonds. The zero-order valence-corrected chi connectivity index (χ0v) is 12.1. The van der Waals surface area contributed by atoms with Crippen molar-refractivity contribution in [2.45, 2.75) is 0 Å². The van der Waals surface area contributed by atoms with Gasteiger partial charge in [0.1, 0.15) is 6.61 Å². The molecule has 1 aromatic rings. The molecule has 0 bridgehead atoms. The van der Waals surface area contributed by atoms with Crippen molar-refractivity contribution in [3.05, 3.63) is 30.1 Å². The molecule has 4 nitrogen and oxygen atoms in total. The quantitative estimate of drug-likeness (QED) is 0.756. The molecule has 0 aliphatic carbocycles. The van der Waals surface area contributed by atoms with Gasteiger partial charge in [-0.05, 0) is 19.2 Å². The Labute approximate surface area is 120 Å². The molecule has 112 valence electrons. The summed E-state index contributed by atoms with van der Waals surface area (Å²) in [6.07, 6.45) is 0. The number of hydrogen-bond acceptors (Lipinski definition) is 4. The fourth-order valence-electron chi connectivity index (χ4n) is 2.12. The highest BCUT2D eigenvalue weighted by molar-refractivity contribution is 5.23. The number of rotatable bonds is 7. The summed E-state index contributed by atoms with van der Waals surface area (Å²) in [5.74, 6) is 0.0255. The average molecular weight is 282 g/mol. The van der Waals surface area contributed by atoms with Gasteiger partial charge in [0, 0.05) is 32.7 Å². The molecule has 2 rings (SSSR count). The summed E-state index contributed by atoms with van der Waals surface area (Å²) in [6.45, 7) is 7.01. The predicted octanol–water partition coefficient (Wildman–Crippen LogP) is 1.47. The maximum atomic E-state index is 13.3. The smallest absolute Gasteiger partial charge is 0.165 e. The molecule has 0 atom stereocenters. The minimum Gasteiger partial charge on any atom is -0.489 e. The van der Waals surface area contributed by atoms with Crippen LogP contribution < -0.4 is 4.74 Å². The fourth-order valence-corrected chi connectivity index (χ4v) is 2.12. The van der Waals surface area contributed by atoms with E-state index in [2.05, 4.69) is 16.8 Å². The van der Waals surface area contributed by atoms with Crippen LogP contribution in [0.1, 0.15) is 0 Å². The Bertz CT molecular complexity index is 397. The lowest BCUT2D eigenvalue weighted by Gasteiger charge is -2.28. The van der Waals surface area contributed by atoms with Crippen molar-refractivity contribution < 1.29 is 13.9 Å². The van der Waals surface area contributed by atoms with E-state index in [4.69, 9.17) is 9.47 Å². The highest BCUT2D eigenvalue weighted by Gasteiger charge is 2.10. The normalized spacial score (nSPS) is 16.6. The van der Waals surface area contributed by atoms with Crippen LogP contribution in [0.3, 0.4) is 0 Å². The standard InChI is InChI=1S/C15H23FN2O2/c1-17(6-7-18-9-11-19-12-10-18)8-13-20-15-5-3-2-4-14(15)16/h2-5H,6-13H2,1H3. The van der Waals surface area contributed by atoms with Crippen molar-refractivity contribution in [3.63, 3.8) is 0 Å². The van der Waals surface area contributed by atoms with E-state index in [1.807, 2.05) is 0 Å². The van der Waals surface area contributed by atoms with Gasteiger partial charge in [0.25, 0.3) is 0 Å². The van der Waals surface area contributed by atoms with Crippen molar-refractivity contribution in [2.24, 2.45) is 0 Å². The van der Waals surface area contributed by atoms with E-state index in [1.54, 1.807) is 18.2 Å². The predicted molar refractivity (Wildman–Crippen MR) is 76.7 cm³/mol. The van der Waals surface area contributed by atoms with Crippen LogP contribution in [-0.2, 0) is 4.74 Å². The van der Waals surface area contributed by atoms with E-state index in [0.717, 1.165) is 45.9 Å². The molecule has 0 spiro atoms. The van der Waals surface area contributed by atoms with Crippen molar-refractivity contribution in [2.75, 3.05) is 59.6 Å². The second kappa shape index (κ2) is 8.19. The SMILES string of the molecule is CN(CCOc1ccccc1F)CCN1CCOCC1. The third-order valence-electron chi connectivity index (χ3n) is 3.47. The Balaban J connectivity index is 1.60. The molecular formula is C15H23FN2O2. The van der Waals surface area contributed by atoms with E-state index in [-0.39, 0.29) is 5.82 Å². The second-order valence-electron chi connectivity index (χ2n) is 5.04. The van der Waals surface area contributed by atoms with Gasteiger partial charge < -0.3 is 14.4 Å². The summed E-state index contributed by atoms with van der Waals surface area (Å²) < 4.78 is 24.1. The van der Waals surface area contributed by atoms with Crippen LogP contribution in [0.15, 0.2) is 24.3 Å². The van der Waals surface area contributed by atoms with E-state index in [9.17, 15) is 4.39 Å². The first-order valence-corrected chi connectivity index (χ1v) is 7.11. The molecule has 0 N–H and O–H groups in total. The van der Waals surface area contributed by atoms with E-state index >= 15 is 0 Å². The molecule has 1 aliphatic rings. The Kier molecular flexibility index (Phi) is 6.24. The van der Waals surface area contributed by atoms with Gasteiger partial charge in [0.2, 0.25) is 0 Å². The maximum Gasteiger partial charge on any atom is 0.165 e. The maximum absolute atomic E-state index is 13.3. The summed E-state index contributed by atoms with van der Waals surface area (Å²) in [7, 11) is 2.06. The summed E-state index contributed by atoms with van der Waals surface area (Å²) in [5.41, 5.74) is 0. The molecule has 1 aromatic carbocycles. The number of ether oxygens (including phenoxy) is 2. The molecule has 1 heterocycles. The summed E-state index contributed by atoms with van der Waals surface area (Å²) >= 11 is 0. The molecular weight excluding hydrogens is 259 g/mol. The Morgan fingerprint density at radius 1 is 1.25 bits per heavy atom. The molecule has 1 aliphatic heterocycles. The number of likely N-dealkylation sites (N-methyl/N-ethyl adjacent to an activating group) is 1. The Morgan fingerprint density at radius 3 is 2.75 bits per heavy atom. The number of morpholine rings is 1. The summed E-state index contributed by atoms with van der Waals surface area (Å²) in [6, 6.07) is 6.51. The number of benzene rings is 1. The van der Waals surface area contributed by atoms with Gasteiger partial charge in [-0.3, -0.25) is 4.90 Å². The molecule has 1 fully saturated rings. The van der Waals surface area contributed by atoms with E-state index in [0.29, 0.717) is 12.4 Å². The van der Waals surface area contributed by atoms with Crippen LogP contribution in [0.2, 0.25) is 0 Å². The van der Waals surface area contributed by atoms with Crippen molar-refractivity contribution in [1.82, 2.24) is 9.80 Å². The molecule has 0 aromatic heterocycles. The van der Waals surface area contributed by atoms with Crippen molar-refractivity contribution >= 4 is 0 Å². The van der Waals surface area contributed by atoms with Crippen molar-refractivity contribution in [1.29, 1.82) is 0 Å². The lowest BCUT2D eigenvalue weighted by Crippen LogP contribution is -2.41. The minimum atomic E-state index is -0.302. The molecule has 0 unspecified atom stereocenters. The minimum absolute atomic E-state index is 0.302. The van der Waals surface area contributed by atoms with Gasteiger partial charge in [-0.2, -0.15) is 0 Å². The number of para-hydroxylation sites is 1. The van der Waals surface area contributed by atoms with Crippen LogP contribution in [0.25, 0.3) is 0 Å². The van der Waals surface area contributed by atoms with E-state index < -0.39 is 0 Å². The zero-order valence-electron chi connectivity index (χ0n) is 12.1. The average Bonchev–Trinajstić information content (AvgIpc) is 2.48. The van der Waals surface area contributed by atoms with E-state index in [1.165, 1.54) is 6.07 Å². The molecule has 0 saturated carbocycles. The van der Waals surface area contributed by atoms with Gasteiger partial charge in [-0.25, -0.2) is 4.39 Å². The number of halogens is 1. The van der Waals surface area contributed by atoms with Crippen LogP contribution in [0, 0.1) is 5.82 Å². The van der Waals surface area contributed by atoms with Gasteiger partial charge in [0.05, 0.1) is 13.2 Å². The lowest BCUT2D eigenvalue weighted by atomic mass is 10.3. The lowest BCUT2D eigenvalue weighted by molar-refractivity contribution is 0.0340. The topological polar surface area (TPSA) is 24.9 Å². The third-order valence-corrected chi connectivity index (χ3v) is 3.47. The van der Waals surface area contributed by atoms with Crippen LogP contribution >= 0.6 is 0 Å². The fraction of sp³-hybridized carbons (Fsp3) is 0.600. The monoisotopic (exact) mass is 282 g/mol. The first kappa shape index (κ1) is 15.2. The first-order chi connectivity index (χ1) is 9.75. The molecule has 0 radical (unpaired) electrons. The van der Waals surface area contributed by atoms with Crippen molar-refractivity contribution in [3.8, 4) is 5.75 Å². The van der Waals surface area contributed by atoms with Crippen LogP contribution in [0.4, 0.5) is 4.39 Å². The van der Waals surface area contributed by atoms with Gasteiger partial charge >= 0.3 is 0 Å². The number of nitrogens with zero attached hydrogens (tertiary/aromatic N) is 2. The van der Waals surface area contributed by atoms with Gasteiger partial charge in [-0.1, -0.05) is 12.1 Å². The molecule has 1 saturated heterocycles. The Morgan fingerprint density at radius 2 is 2.00 bits per heavy atom.